The fraction of sp³-hybridized carbons (Fsp3) is 0.500. The van der Waals surface area contributed by atoms with Crippen LogP contribution in [0.1, 0.15) is 65.4 Å². The number of hydrogen-bond acceptors (Lipinski definition) is 1. The minimum atomic E-state index is 0.709. The number of fused-ring (bicyclic) bond motifs is 3. The van der Waals surface area contributed by atoms with Gasteiger partial charge >= 0.3 is 0 Å². The summed E-state index contributed by atoms with van der Waals surface area (Å²) in [5.41, 5.74) is 3.77. The minimum absolute atomic E-state index is 0.709. The van der Waals surface area contributed by atoms with E-state index < -0.39 is 0 Å². The van der Waals surface area contributed by atoms with Gasteiger partial charge in [0.2, 0.25) is 0 Å². The zero-order valence-electron chi connectivity index (χ0n) is 9.21. The maximum atomic E-state index is 11.0. The van der Waals surface area contributed by atoms with Crippen LogP contribution < -0.4 is 0 Å². The minimum Gasteiger partial charge on any atom is -0.298 e. The largest absolute Gasteiger partial charge is 0.298 e. The van der Waals surface area contributed by atoms with Crippen LogP contribution >= 0.6 is 15.9 Å². The Kier molecular flexibility index (Phi) is 2.62. The van der Waals surface area contributed by atoms with Crippen molar-refractivity contribution >= 4 is 22.2 Å². The third-order valence-corrected chi connectivity index (χ3v) is 4.86. The number of halogens is 1. The molecular weight excluding hydrogens is 264 g/mol. The lowest BCUT2D eigenvalue weighted by Gasteiger charge is -2.28. The average molecular weight is 279 g/mol. The Hall–Kier alpha value is -0.630. The number of rotatable bonds is 1. The molecular formula is C14H15BrO. The first kappa shape index (κ1) is 10.5. The van der Waals surface area contributed by atoms with E-state index >= 15 is 0 Å². The van der Waals surface area contributed by atoms with E-state index in [1.807, 2.05) is 0 Å². The molecule has 84 valence electrons. The third kappa shape index (κ3) is 1.55. The summed E-state index contributed by atoms with van der Waals surface area (Å²) in [6.45, 7) is 0. The van der Waals surface area contributed by atoms with Gasteiger partial charge < -0.3 is 0 Å². The lowest BCUT2D eigenvalue weighted by molar-refractivity contribution is 0.112. The summed E-state index contributed by atoms with van der Waals surface area (Å²) < 4.78 is 0.966. The van der Waals surface area contributed by atoms with E-state index in [-0.39, 0.29) is 0 Å². The van der Waals surface area contributed by atoms with Crippen LogP contribution in [0.15, 0.2) is 16.6 Å². The van der Waals surface area contributed by atoms with Gasteiger partial charge in [-0.3, -0.25) is 4.79 Å². The van der Waals surface area contributed by atoms with E-state index in [0.717, 1.165) is 22.2 Å². The second kappa shape index (κ2) is 3.99. The zero-order valence-corrected chi connectivity index (χ0v) is 10.8. The molecule has 16 heavy (non-hydrogen) atoms. The quantitative estimate of drug-likeness (QED) is 0.696. The molecule has 1 aromatic rings. The monoisotopic (exact) mass is 278 g/mol. The molecule has 0 amide bonds. The van der Waals surface area contributed by atoms with Crippen LogP contribution in [-0.2, 0) is 0 Å². The fourth-order valence-electron chi connectivity index (χ4n) is 3.34. The average Bonchev–Trinajstić information content (AvgIpc) is 2.62. The first-order chi connectivity index (χ1) is 7.79. The maximum Gasteiger partial charge on any atom is 0.151 e. The highest BCUT2D eigenvalue weighted by atomic mass is 79.9. The van der Waals surface area contributed by atoms with Crippen molar-refractivity contribution in [2.24, 2.45) is 0 Å². The summed E-state index contributed by atoms with van der Waals surface area (Å²) in [5.74, 6) is 1.45. The standard InChI is InChI=1S/C14H15BrO/c15-14-7-13-10-3-1-2-9(4-5-10)12(13)6-11(14)8-16/h6-10H,1-5H2. The Morgan fingerprint density at radius 2 is 1.69 bits per heavy atom. The molecule has 1 fully saturated rings. The summed E-state index contributed by atoms with van der Waals surface area (Å²) >= 11 is 3.50. The van der Waals surface area contributed by atoms with Gasteiger partial charge in [0.25, 0.3) is 0 Å². The third-order valence-electron chi connectivity index (χ3n) is 4.18. The van der Waals surface area contributed by atoms with Crippen molar-refractivity contribution in [1.82, 2.24) is 0 Å². The van der Waals surface area contributed by atoms with Gasteiger partial charge in [-0.1, -0.05) is 22.4 Å². The smallest absolute Gasteiger partial charge is 0.151 e. The molecule has 4 rings (SSSR count). The van der Waals surface area contributed by atoms with Crippen molar-refractivity contribution in [3.63, 3.8) is 0 Å². The maximum absolute atomic E-state index is 11.0. The lowest BCUT2D eigenvalue weighted by atomic mass is 9.78. The fourth-order valence-corrected chi connectivity index (χ4v) is 3.80. The Morgan fingerprint density at radius 3 is 2.31 bits per heavy atom. The van der Waals surface area contributed by atoms with Gasteiger partial charge in [-0.25, -0.2) is 0 Å². The molecule has 2 heteroatoms. The predicted octanol–water partition coefficient (Wildman–Crippen LogP) is 4.41. The molecule has 0 heterocycles. The molecule has 3 aliphatic carbocycles. The van der Waals surface area contributed by atoms with Crippen molar-refractivity contribution in [3.8, 4) is 0 Å². The number of benzene rings is 1. The topological polar surface area (TPSA) is 17.1 Å². The highest BCUT2D eigenvalue weighted by Crippen LogP contribution is 2.48. The van der Waals surface area contributed by atoms with Gasteiger partial charge in [-0.15, -0.1) is 0 Å². The molecule has 1 saturated carbocycles. The van der Waals surface area contributed by atoms with E-state index in [1.165, 1.54) is 43.2 Å². The van der Waals surface area contributed by atoms with E-state index in [1.54, 1.807) is 0 Å². The molecule has 0 N–H and O–H groups in total. The van der Waals surface area contributed by atoms with Crippen molar-refractivity contribution in [1.29, 1.82) is 0 Å². The van der Waals surface area contributed by atoms with Gasteiger partial charge in [0.15, 0.2) is 6.29 Å². The van der Waals surface area contributed by atoms with Gasteiger partial charge in [0.1, 0.15) is 0 Å². The molecule has 0 radical (unpaired) electrons. The van der Waals surface area contributed by atoms with Gasteiger partial charge in [0, 0.05) is 10.0 Å². The van der Waals surface area contributed by atoms with E-state index in [4.69, 9.17) is 0 Å². The number of carbonyl (C=O) groups is 1. The first-order valence-corrected chi connectivity index (χ1v) is 6.87. The number of aldehydes is 1. The summed E-state index contributed by atoms with van der Waals surface area (Å²) in [6, 6.07) is 4.32. The predicted molar refractivity (Wildman–Crippen MR) is 68.1 cm³/mol. The summed E-state index contributed by atoms with van der Waals surface area (Å²) in [7, 11) is 0. The van der Waals surface area contributed by atoms with E-state index in [2.05, 4.69) is 28.1 Å². The Morgan fingerprint density at radius 1 is 1.06 bits per heavy atom. The van der Waals surface area contributed by atoms with Gasteiger partial charge in [0.05, 0.1) is 0 Å². The van der Waals surface area contributed by atoms with Crippen LogP contribution in [0.5, 0.6) is 0 Å². The molecule has 0 saturated heterocycles. The van der Waals surface area contributed by atoms with Crippen LogP contribution in [0.25, 0.3) is 0 Å². The first-order valence-electron chi connectivity index (χ1n) is 6.08. The van der Waals surface area contributed by atoms with Crippen molar-refractivity contribution in [2.75, 3.05) is 0 Å². The molecule has 2 atom stereocenters. The van der Waals surface area contributed by atoms with Crippen molar-refractivity contribution in [3.05, 3.63) is 33.3 Å². The molecule has 2 bridgehead atoms. The summed E-state index contributed by atoms with van der Waals surface area (Å²) in [5, 5.41) is 0. The normalized spacial score (nSPS) is 27.3. The highest BCUT2D eigenvalue weighted by molar-refractivity contribution is 9.10. The van der Waals surface area contributed by atoms with Crippen LogP contribution in [0.3, 0.4) is 0 Å². The second-order valence-corrected chi connectivity index (χ2v) is 5.88. The molecule has 0 aliphatic heterocycles. The lowest BCUT2D eigenvalue weighted by Crippen LogP contribution is -2.11. The van der Waals surface area contributed by atoms with Crippen molar-refractivity contribution in [2.45, 2.75) is 43.9 Å². The summed E-state index contributed by atoms with van der Waals surface area (Å²) in [6.07, 6.45) is 7.60. The molecule has 1 aromatic carbocycles. The van der Waals surface area contributed by atoms with Crippen LogP contribution in [-0.4, -0.2) is 6.29 Å². The van der Waals surface area contributed by atoms with Gasteiger partial charge in [-0.05, 0) is 60.8 Å². The number of carbonyl (C=O) groups excluding carboxylic acids is 1. The molecule has 0 aromatic heterocycles. The Balaban J connectivity index is 2.18. The SMILES string of the molecule is O=Cc1cc2c(cc1Br)C1CCCC2CC1. The van der Waals surface area contributed by atoms with Gasteiger partial charge in [-0.2, -0.15) is 0 Å². The molecule has 1 nitrogen and oxygen atoms in total. The van der Waals surface area contributed by atoms with Crippen molar-refractivity contribution < 1.29 is 4.79 Å². The second-order valence-electron chi connectivity index (χ2n) is 5.02. The summed E-state index contributed by atoms with van der Waals surface area (Å²) in [4.78, 5) is 11.0. The molecule has 0 spiro atoms. The Bertz CT molecular complexity index is 435. The molecule has 2 unspecified atom stereocenters. The van der Waals surface area contributed by atoms with E-state index in [0.29, 0.717) is 5.92 Å². The van der Waals surface area contributed by atoms with Crippen LogP contribution in [0.4, 0.5) is 0 Å². The van der Waals surface area contributed by atoms with Crippen LogP contribution in [0.2, 0.25) is 0 Å². The van der Waals surface area contributed by atoms with Crippen LogP contribution in [0, 0.1) is 0 Å². The van der Waals surface area contributed by atoms with E-state index in [9.17, 15) is 4.79 Å². The number of hydrogen-bond donors (Lipinski definition) is 0. The zero-order chi connectivity index (χ0) is 11.1. The highest BCUT2D eigenvalue weighted by Gasteiger charge is 2.30. The Labute approximate surface area is 104 Å². The molecule has 3 aliphatic rings.